The fourth-order valence-corrected chi connectivity index (χ4v) is 2.37. The van der Waals surface area contributed by atoms with Crippen LogP contribution in [-0.2, 0) is 4.79 Å². The Morgan fingerprint density at radius 1 is 1.00 bits per heavy atom. The molecule has 0 heterocycles. The summed E-state index contributed by atoms with van der Waals surface area (Å²) in [6, 6.07) is 9.90. The molecule has 2 amide bonds. The van der Waals surface area contributed by atoms with Crippen LogP contribution in [0.4, 0.5) is 18.9 Å². The summed E-state index contributed by atoms with van der Waals surface area (Å²) < 4.78 is 42.2. The number of carbonyl (C=O) groups is 2. The monoisotopic (exact) mass is 394 g/mol. The number of benzene rings is 2. The predicted molar refractivity (Wildman–Crippen MR) is 99.6 cm³/mol. The lowest BCUT2D eigenvalue weighted by Crippen LogP contribution is -2.33. The summed E-state index contributed by atoms with van der Waals surface area (Å²) >= 11 is 0. The van der Waals surface area contributed by atoms with Crippen molar-refractivity contribution in [2.24, 2.45) is 0 Å². The molecule has 2 N–H and O–H groups in total. The molecule has 5 nitrogen and oxygen atoms in total. The van der Waals surface area contributed by atoms with Crippen molar-refractivity contribution in [2.75, 3.05) is 18.5 Å². The molecule has 0 aromatic heterocycles. The van der Waals surface area contributed by atoms with Crippen molar-refractivity contribution in [1.29, 1.82) is 0 Å². The van der Waals surface area contributed by atoms with Crippen LogP contribution >= 0.6 is 0 Å². The van der Waals surface area contributed by atoms with Crippen LogP contribution in [0.15, 0.2) is 36.4 Å². The molecule has 0 radical (unpaired) electrons. The van der Waals surface area contributed by atoms with E-state index in [0.717, 1.165) is 11.1 Å². The van der Waals surface area contributed by atoms with Crippen molar-refractivity contribution >= 4 is 17.5 Å². The number of rotatable bonds is 6. The van der Waals surface area contributed by atoms with E-state index in [1.54, 1.807) is 18.3 Å². The number of ether oxygens (including phenoxy) is 1. The minimum absolute atomic E-state index is 0.0144. The van der Waals surface area contributed by atoms with Crippen LogP contribution in [0.25, 0.3) is 0 Å². The average molecular weight is 394 g/mol. The molecule has 0 saturated heterocycles. The lowest BCUT2D eigenvalue weighted by atomic mass is 10.1. The van der Waals surface area contributed by atoms with Crippen molar-refractivity contribution < 1.29 is 27.5 Å². The zero-order chi connectivity index (χ0) is 20.9. The summed E-state index contributed by atoms with van der Waals surface area (Å²) in [7, 11) is 0. The summed E-state index contributed by atoms with van der Waals surface area (Å²) in [6.45, 7) is 3.81. The van der Waals surface area contributed by atoms with Gasteiger partial charge in [-0.25, -0.2) is 0 Å². The van der Waals surface area contributed by atoms with E-state index >= 15 is 0 Å². The van der Waals surface area contributed by atoms with E-state index in [0.29, 0.717) is 17.0 Å². The maximum atomic E-state index is 12.2. The third-order valence-corrected chi connectivity index (χ3v) is 3.93. The van der Waals surface area contributed by atoms with Gasteiger partial charge in [0.05, 0.1) is 0 Å². The molecule has 150 valence electrons. The predicted octanol–water partition coefficient (Wildman–Crippen LogP) is 3.92. The molecule has 0 atom stereocenters. The van der Waals surface area contributed by atoms with Gasteiger partial charge in [0.25, 0.3) is 11.8 Å². The van der Waals surface area contributed by atoms with Crippen LogP contribution in [0, 0.1) is 20.8 Å². The summed E-state index contributed by atoms with van der Waals surface area (Å²) in [5.41, 5.74) is 2.88. The van der Waals surface area contributed by atoms with E-state index in [2.05, 4.69) is 5.32 Å². The number of nitrogens with one attached hydrogen (secondary N) is 2. The average Bonchev–Trinajstić information content (AvgIpc) is 2.61. The quantitative estimate of drug-likeness (QED) is 0.780. The number of amides is 2. The highest BCUT2D eigenvalue weighted by Crippen LogP contribution is 2.20. The van der Waals surface area contributed by atoms with Gasteiger partial charge >= 0.3 is 6.18 Å². The maximum absolute atomic E-state index is 12.2. The summed E-state index contributed by atoms with van der Waals surface area (Å²) in [5, 5.41) is 4.41. The molecule has 0 bridgehead atoms. The number of hydrogen-bond acceptors (Lipinski definition) is 3. The molecule has 28 heavy (non-hydrogen) atoms. The van der Waals surface area contributed by atoms with Gasteiger partial charge in [0.2, 0.25) is 0 Å². The molecular weight excluding hydrogens is 373 g/mol. The third kappa shape index (κ3) is 6.29. The van der Waals surface area contributed by atoms with Gasteiger partial charge in [-0.1, -0.05) is 18.2 Å². The topological polar surface area (TPSA) is 67.4 Å². The van der Waals surface area contributed by atoms with E-state index in [4.69, 9.17) is 4.74 Å². The molecule has 0 saturated carbocycles. The van der Waals surface area contributed by atoms with E-state index in [9.17, 15) is 22.8 Å². The first kappa shape index (κ1) is 21.3. The smallest absolute Gasteiger partial charge is 0.405 e. The molecule has 2 aromatic carbocycles. The van der Waals surface area contributed by atoms with Crippen molar-refractivity contribution in [3.05, 3.63) is 58.7 Å². The van der Waals surface area contributed by atoms with Crippen LogP contribution in [0.2, 0.25) is 0 Å². The second kappa shape index (κ2) is 8.77. The van der Waals surface area contributed by atoms with Gasteiger partial charge < -0.3 is 15.4 Å². The highest BCUT2D eigenvalue weighted by molar-refractivity contribution is 5.98. The molecular formula is C20H21F3N2O3. The van der Waals surface area contributed by atoms with Crippen molar-refractivity contribution in [2.45, 2.75) is 26.9 Å². The highest BCUT2D eigenvalue weighted by atomic mass is 19.4. The molecule has 0 aliphatic carbocycles. The largest absolute Gasteiger partial charge is 0.483 e. The Kier molecular flexibility index (Phi) is 6.66. The van der Waals surface area contributed by atoms with E-state index in [1.165, 1.54) is 12.1 Å². The van der Waals surface area contributed by atoms with Gasteiger partial charge in [0.15, 0.2) is 6.61 Å². The van der Waals surface area contributed by atoms with Crippen molar-refractivity contribution in [3.63, 3.8) is 0 Å². The standard InChI is InChI=1S/C20H21F3N2O3/c1-12-4-5-14(3)17(8-12)28-10-18(26)25-16-9-15(7-6-13(16)2)19(27)24-11-20(21,22)23/h4-9H,10-11H2,1-3H3,(H,24,27)(H,25,26). The number of halogens is 3. The molecule has 2 aromatic rings. The molecule has 0 unspecified atom stereocenters. The first-order chi connectivity index (χ1) is 13.0. The SMILES string of the molecule is Cc1ccc(C)c(OCC(=O)Nc2cc(C(=O)NCC(F)(F)F)ccc2C)c1. The van der Waals surface area contributed by atoms with Gasteiger partial charge in [-0.05, 0) is 55.7 Å². The minimum Gasteiger partial charge on any atom is -0.483 e. The number of carbonyl (C=O) groups excluding carboxylic acids is 2. The van der Waals surface area contributed by atoms with E-state index in [1.807, 2.05) is 32.0 Å². The van der Waals surface area contributed by atoms with Gasteiger partial charge in [-0.3, -0.25) is 9.59 Å². The number of alkyl halides is 3. The van der Waals surface area contributed by atoms with E-state index in [-0.39, 0.29) is 12.2 Å². The van der Waals surface area contributed by atoms with Gasteiger partial charge in [-0.15, -0.1) is 0 Å². The van der Waals surface area contributed by atoms with Gasteiger partial charge in [0, 0.05) is 11.3 Å². The fourth-order valence-electron chi connectivity index (χ4n) is 2.37. The van der Waals surface area contributed by atoms with Crippen molar-refractivity contribution in [3.8, 4) is 5.75 Å². The van der Waals surface area contributed by atoms with Crippen molar-refractivity contribution in [1.82, 2.24) is 5.32 Å². The molecule has 0 fully saturated rings. The lowest BCUT2D eigenvalue weighted by molar-refractivity contribution is -0.123. The fraction of sp³-hybridized carbons (Fsp3) is 0.300. The van der Waals surface area contributed by atoms with Crippen LogP contribution in [0.3, 0.4) is 0 Å². The minimum atomic E-state index is -4.50. The second-order valence-electron chi connectivity index (χ2n) is 6.43. The van der Waals surface area contributed by atoms with Gasteiger partial charge in [-0.2, -0.15) is 13.2 Å². The summed E-state index contributed by atoms with van der Waals surface area (Å²) in [6.07, 6.45) is -4.50. The summed E-state index contributed by atoms with van der Waals surface area (Å²) in [4.78, 5) is 24.1. The Labute approximate surface area is 160 Å². The number of aryl methyl sites for hydroxylation is 3. The zero-order valence-electron chi connectivity index (χ0n) is 15.7. The van der Waals surface area contributed by atoms with Crippen LogP contribution in [0.1, 0.15) is 27.0 Å². The Morgan fingerprint density at radius 2 is 1.68 bits per heavy atom. The molecule has 0 aliphatic rings. The van der Waals surface area contributed by atoms with Crippen LogP contribution in [0.5, 0.6) is 5.75 Å². The Morgan fingerprint density at radius 3 is 2.36 bits per heavy atom. The third-order valence-electron chi connectivity index (χ3n) is 3.93. The first-order valence-corrected chi connectivity index (χ1v) is 8.50. The molecule has 0 spiro atoms. The number of anilines is 1. The second-order valence-corrected chi connectivity index (χ2v) is 6.43. The first-order valence-electron chi connectivity index (χ1n) is 8.50. The normalized spacial score (nSPS) is 11.1. The van der Waals surface area contributed by atoms with Gasteiger partial charge in [0.1, 0.15) is 12.3 Å². The number of hydrogen-bond donors (Lipinski definition) is 2. The zero-order valence-corrected chi connectivity index (χ0v) is 15.7. The Hall–Kier alpha value is -3.03. The Balaban J connectivity index is 2.01. The molecule has 8 heteroatoms. The summed E-state index contributed by atoms with van der Waals surface area (Å²) in [5.74, 6) is -0.733. The highest BCUT2D eigenvalue weighted by Gasteiger charge is 2.28. The molecule has 2 rings (SSSR count). The lowest BCUT2D eigenvalue weighted by Gasteiger charge is -2.13. The molecule has 0 aliphatic heterocycles. The maximum Gasteiger partial charge on any atom is 0.405 e. The van der Waals surface area contributed by atoms with E-state index < -0.39 is 24.5 Å². The van der Waals surface area contributed by atoms with Crippen LogP contribution in [-0.4, -0.2) is 31.1 Å². The Bertz CT molecular complexity index is 879. The van der Waals surface area contributed by atoms with Crippen LogP contribution < -0.4 is 15.4 Å².